The van der Waals surface area contributed by atoms with Crippen molar-refractivity contribution in [2.24, 2.45) is 0 Å². The molecule has 1 aliphatic heterocycles. The van der Waals surface area contributed by atoms with Crippen molar-refractivity contribution < 1.29 is 4.74 Å². The molecule has 0 aliphatic carbocycles. The molecule has 5 nitrogen and oxygen atoms in total. The SMILES string of the molecule is c1ncc(-c2ccc(OC3CCNC3)nc2)cn1. The van der Waals surface area contributed by atoms with Crippen LogP contribution in [-0.4, -0.2) is 34.1 Å². The monoisotopic (exact) mass is 242 g/mol. The molecule has 1 saturated heterocycles. The molecule has 3 heterocycles. The Balaban J connectivity index is 1.72. The first-order valence-corrected chi connectivity index (χ1v) is 6.00. The molecule has 0 spiro atoms. The number of rotatable bonds is 3. The highest BCUT2D eigenvalue weighted by Gasteiger charge is 2.16. The molecule has 2 aromatic rings. The lowest BCUT2D eigenvalue weighted by Gasteiger charge is -2.11. The molecule has 0 bridgehead atoms. The molecule has 0 amide bonds. The van der Waals surface area contributed by atoms with Crippen molar-refractivity contribution in [3.05, 3.63) is 37.1 Å². The first-order chi connectivity index (χ1) is 8.92. The molecule has 1 fully saturated rings. The third-order valence-electron chi connectivity index (χ3n) is 2.93. The normalized spacial score (nSPS) is 18.8. The summed E-state index contributed by atoms with van der Waals surface area (Å²) >= 11 is 0. The van der Waals surface area contributed by atoms with Crippen LogP contribution in [0.5, 0.6) is 5.88 Å². The van der Waals surface area contributed by atoms with E-state index in [4.69, 9.17) is 4.74 Å². The summed E-state index contributed by atoms with van der Waals surface area (Å²) in [4.78, 5) is 12.3. The van der Waals surface area contributed by atoms with Gasteiger partial charge >= 0.3 is 0 Å². The Morgan fingerprint density at radius 2 is 2.00 bits per heavy atom. The third-order valence-corrected chi connectivity index (χ3v) is 2.93. The van der Waals surface area contributed by atoms with E-state index in [1.165, 1.54) is 6.33 Å². The molecule has 0 radical (unpaired) electrons. The van der Waals surface area contributed by atoms with Gasteiger partial charge in [-0.25, -0.2) is 15.0 Å². The lowest BCUT2D eigenvalue weighted by Crippen LogP contribution is -2.19. The van der Waals surface area contributed by atoms with E-state index in [2.05, 4.69) is 20.3 Å². The van der Waals surface area contributed by atoms with E-state index in [0.717, 1.165) is 30.6 Å². The topological polar surface area (TPSA) is 59.9 Å². The number of nitrogens with zero attached hydrogens (tertiary/aromatic N) is 3. The summed E-state index contributed by atoms with van der Waals surface area (Å²) in [5.41, 5.74) is 1.95. The third kappa shape index (κ3) is 2.46. The van der Waals surface area contributed by atoms with E-state index in [1.807, 2.05) is 12.1 Å². The van der Waals surface area contributed by atoms with Gasteiger partial charge < -0.3 is 10.1 Å². The zero-order valence-corrected chi connectivity index (χ0v) is 9.91. The van der Waals surface area contributed by atoms with Crippen molar-refractivity contribution in [2.45, 2.75) is 12.5 Å². The van der Waals surface area contributed by atoms with Crippen molar-refractivity contribution in [2.75, 3.05) is 13.1 Å². The van der Waals surface area contributed by atoms with Gasteiger partial charge in [-0.05, 0) is 19.0 Å². The van der Waals surface area contributed by atoms with Crippen LogP contribution in [0.3, 0.4) is 0 Å². The first-order valence-electron chi connectivity index (χ1n) is 6.00. The van der Waals surface area contributed by atoms with Gasteiger partial charge in [-0.1, -0.05) is 0 Å². The van der Waals surface area contributed by atoms with Crippen molar-refractivity contribution in [3.63, 3.8) is 0 Å². The van der Waals surface area contributed by atoms with E-state index in [0.29, 0.717) is 5.88 Å². The highest BCUT2D eigenvalue weighted by Crippen LogP contribution is 2.19. The smallest absolute Gasteiger partial charge is 0.213 e. The standard InChI is InChI=1S/C13H14N4O/c1-2-13(18-12-3-4-14-8-12)17-7-10(1)11-5-15-9-16-6-11/h1-2,5-7,9,12,14H,3-4,8H2. The lowest BCUT2D eigenvalue weighted by molar-refractivity contribution is 0.214. The molecule has 0 saturated carbocycles. The average molecular weight is 242 g/mol. The van der Waals surface area contributed by atoms with Crippen molar-refractivity contribution in [3.8, 4) is 17.0 Å². The molecule has 3 rings (SSSR count). The predicted molar refractivity (Wildman–Crippen MR) is 67.2 cm³/mol. The Morgan fingerprint density at radius 1 is 1.11 bits per heavy atom. The van der Waals surface area contributed by atoms with Gasteiger partial charge in [0.05, 0.1) is 0 Å². The summed E-state index contributed by atoms with van der Waals surface area (Å²) in [7, 11) is 0. The van der Waals surface area contributed by atoms with Crippen LogP contribution in [0.2, 0.25) is 0 Å². The molecule has 1 aliphatic rings. The summed E-state index contributed by atoms with van der Waals surface area (Å²) in [5, 5.41) is 3.26. The van der Waals surface area contributed by atoms with Crippen molar-refractivity contribution in [1.82, 2.24) is 20.3 Å². The molecule has 1 unspecified atom stereocenters. The Labute approximate surface area is 105 Å². The number of ether oxygens (including phenoxy) is 1. The maximum atomic E-state index is 5.76. The van der Waals surface area contributed by atoms with Crippen LogP contribution in [0, 0.1) is 0 Å². The predicted octanol–water partition coefficient (Wildman–Crippen LogP) is 1.28. The van der Waals surface area contributed by atoms with Gasteiger partial charge in [-0.15, -0.1) is 0 Å². The Morgan fingerprint density at radius 3 is 2.67 bits per heavy atom. The Kier molecular flexibility index (Phi) is 3.14. The molecule has 92 valence electrons. The quantitative estimate of drug-likeness (QED) is 0.878. The van der Waals surface area contributed by atoms with Gasteiger partial charge in [-0.3, -0.25) is 0 Å². The van der Waals surface area contributed by atoms with Crippen LogP contribution in [-0.2, 0) is 0 Å². The summed E-state index contributed by atoms with van der Waals surface area (Å²) in [5.74, 6) is 0.671. The zero-order valence-electron chi connectivity index (χ0n) is 9.91. The lowest BCUT2D eigenvalue weighted by atomic mass is 10.1. The number of hydrogen-bond donors (Lipinski definition) is 1. The summed E-state index contributed by atoms with van der Waals surface area (Å²) in [6.07, 6.45) is 8.12. The van der Waals surface area contributed by atoms with E-state index < -0.39 is 0 Å². The van der Waals surface area contributed by atoms with Crippen LogP contribution < -0.4 is 10.1 Å². The first kappa shape index (κ1) is 11.1. The minimum absolute atomic E-state index is 0.239. The zero-order chi connectivity index (χ0) is 12.2. The Bertz CT molecular complexity index is 494. The average Bonchev–Trinajstić information content (AvgIpc) is 2.94. The molecule has 18 heavy (non-hydrogen) atoms. The van der Waals surface area contributed by atoms with Gasteiger partial charge in [0.25, 0.3) is 0 Å². The minimum Gasteiger partial charge on any atom is -0.473 e. The van der Waals surface area contributed by atoms with Crippen LogP contribution in [0.1, 0.15) is 6.42 Å². The number of hydrogen-bond acceptors (Lipinski definition) is 5. The molecule has 0 aromatic carbocycles. The van der Waals surface area contributed by atoms with Crippen LogP contribution in [0.25, 0.3) is 11.1 Å². The minimum atomic E-state index is 0.239. The molecular formula is C13H14N4O. The van der Waals surface area contributed by atoms with Crippen LogP contribution in [0.4, 0.5) is 0 Å². The fourth-order valence-corrected chi connectivity index (χ4v) is 1.97. The molecule has 1 atom stereocenters. The van der Waals surface area contributed by atoms with Gasteiger partial charge in [0.2, 0.25) is 5.88 Å². The highest BCUT2D eigenvalue weighted by molar-refractivity contribution is 5.60. The van der Waals surface area contributed by atoms with Gasteiger partial charge in [0, 0.05) is 42.3 Å². The summed E-state index contributed by atoms with van der Waals surface area (Å²) in [6.45, 7) is 1.92. The number of aromatic nitrogens is 3. The highest BCUT2D eigenvalue weighted by atomic mass is 16.5. The Hall–Kier alpha value is -2.01. The van der Waals surface area contributed by atoms with Crippen molar-refractivity contribution >= 4 is 0 Å². The maximum Gasteiger partial charge on any atom is 0.213 e. The van der Waals surface area contributed by atoms with Gasteiger partial charge in [0.15, 0.2) is 0 Å². The summed E-state index contributed by atoms with van der Waals surface area (Å²) < 4.78 is 5.76. The largest absolute Gasteiger partial charge is 0.473 e. The second-order valence-electron chi connectivity index (χ2n) is 4.24. The number of pyridine rings is 1. The van der Waals surface area contributed by atoms with Crippen molar-refractivity contribution in [1.29, 1.82) is 0 Å². The molecular weight excluding hydrogens is 228 g/mol. The second kappa shape index (κ2) is 5.10. The van der Waals surface area contributed by atoms with E-state index in [9.17, 15) is 0 Å². The number of nitrogens with one attached hydrogen (secondary N) is 1. The fraction of sp³-hybridized carbons (Fsp3) is 0.308. The molecule has 5 heteroatoms. The second-order valence-corrected chi connectivity index (χ2v) is 4.24. The van der Waals surface area contributed by atoms with E-state index >= 15 is 0 Å². The molecule has 1 N–H and O–H groups in total. The van der Waals surface area contributed by atoms with Gasteiger partial charge in [-0.2, -0.15) is 0 Å². The summed E-state index contributed by atoms with van der Waals surface area (Å²) in [6, 6.07) is 3.87. The van der Waals surface area contributed by atoms with Crippen LogP contribution in [0.15, 0.2) is 37.1 Å². The van der Waals surface area contributed by atoms with Crippen LogP contribution >= 0.6 is 0 Å². The maximum absolute atomic E-state index is 5.76. The van der Waals surface area contributed by atoms with Gasteiger partial charge in [0.1, 0.15) is 12.4 Å². The van der Waals surface area contributed by atoms with E-state index in [-0.39, 0.29) is 6.10 Å². The van der Waals surface area contributed by atoms with E-state index in [1.54, 1.807) is 18.6 Å². The fourth-order valence-electron chi connectivity index (χ4n) is 1.97. The molecule has 2 aromatic heterocycles.